The lowest BCUT2D eigenvalue weighted by atomic mass is 10.2. The normalized spacial score (nSPS) is 9.96. The number of nitrogens with one attached hydrogen (secondary N) is 1. The van der Waals surface area contributed by atoms with Gasteiger partial charge in [-0.2, -0.15) is 0 Å². The first-order chi connectivity index (χ1) is 12.4. The molecule has 0 radical (unpaired) electrons. The van der Waals surface area contributed by atoms with Crippen molar-refractivity contribution in [3.05, 3.63) is 54.1 Å². The van der Waals surface area contributed by atoms with Crippen LogP contribution in [0.1, 0.15) is 17.3 Å². The molecule has 0 aliphatic rings. The molecule has 0 heterocycles. The quantitative estimate of drug-likeness (QED) is 0.804. The van der Waals surface area contributed by atoms with Gasteiger partial charge in [-0.3, -0.25) is 9.59 Å². The standard InChI is InChI=1S/C19H20N2O5/c1-13(22)21(16-6-4-5-14(11-16)19(24)26-3)12-18(23)20-15-7-9-17(25-2)10-8-15/h4-11H,12H2,1-3H3,(H,20,23). The summed E-state index contributed by atoms with van der Waals surface area (Å²) in [5.74, 6) is -0.531. The maximum atomic E-state index is 12.3. The van der Waals surface area contributed by atoms with Crippen molar-refractivity contribution in [1.82, 2.24) is 0 Å². The van der Waals surface area contributed by atoms with Crippen LogP contribution < -0.4 is 15.0 Å². The fourth-order valence-corrected chi connectivity index (χ4v) is 2.32. The summed E-state index contributed by atoms with van der Waals surface area (Å²) in [6, 6.07) is 13.2. The van der Waals surface area contributed by atoms with E-state index in [9.17, 15) is 14.4 Å². The van der Waals surface area contributed by atoms with Gasteiger partial charge in [0.15, 0.2) is 0 Å². The van der Waals surface area contributed by atoms with Crippen molar-refractivity contribution >= 4 is 29.2 Å². The molecule has 0 bridgehead atoms. The van der Waals surface area contributed by atoms with Gasteiger partial charge in [-0.1, -0.05) is 6.07 Å². The first-order valence-electron chi connectivity index (χ1n) is 7.85. The molecule has 2 aromatic carbocycles. The molecule has 0 aliphatic carbocycles. The van der Waals surface area contributed by atoms with Crippen LogP contribution in [0, 0.1) is 0 Å². The second-order valence-electron chi connectivity index (χ2n) is 5.42. The summed E-state index contributed by atoms with van der Waals surface area (Å²) in [5.41, 5.74) is 1.32. The summed E-state index contributed by atoms with van der Waals surface area (Å²) in [6.07, 6.45) is 0. The van der Waals surface area contributed by atoms with E-state index < -0.39 is 5.97 Å². The average Bonchev–Trinajstić information content (AvgIpc) is 2.66. The van der Waals surface area contributed by atoms with Crippen LogP contribution >= 0.6 is 0 Å². The number of ether oxygens (including phenoxy) is 2. The first kappa shape index (κ1) is 19.0. The molecule has 0 spiro atoms. The minimum absolute atomic E-state index is 0.189. The van der Waals surface area contributed by atoms with Gasteiger partial charge >= 0.3 is 5.97 Å². The lowest BCUT2D eigenvalue weighted by Crippen LogP contribution is -2.36. The molecule has 0 saturated carbocycles. The van der Waals surface area contributed by atoms with Gasteiger partial charge in [-0.05, 0) is 42.5 Å². The Kier molecular flexibility index (Phi) is 6.32. The molecule has 7 nitrogen and oxygen atoms in total. The number of hydrogen-bond acceptors (Lipinski definition) is 5. The summed E-state index contributed by atoms with van der Waals surface area (Å²) >= 11 is 0. The molecule has 0 aliphatic heterocycles. The summed E-state index contributed by atoms with van der Waals surface area (Å²) in [5, 5.41) is 2.72. The Labute approximate surface area is 151 Å². The van der Waals surface area contributed by atoms with E-state index in [1.165, 1.54) is 25.0 Å². The number of methoxy groups -OCH3 is 2. The number of hydrogen-bond donors (Lipinski definition) is 1. The molecule has 136 valence electrons. The van der Waals surface area contributed by atoms with E-state index in [1.807, 2.05) is 0 Å². The number of benzene rings is 2. The van der Waals surface area contributed by atoms with Crippen molar-refractivity contribution in [3.8, 4) is 5.75 Å². The van der Waals surface area contributed by atoms with Crippen LogP contribution in [0.5, 0.6) is 5.75 Å². The Morgan fingerprint density at radius 3 is 2.31 bits per heavy atom. The number of amides is 2. The predicted molar refractivity (Wildman–Crippen MR) is 97.4 cm³/mol. The third-order valence-electron chi connectivity index (χ3n) is 3.63. The predicted octanol–water partition coefficient (Wildman–Crippen LogP) is 2.47. The van der Waals surface area contributed by atoms with Crippen molar-refractivity contribution in [2.45, 2.75) is 6.92 Å². The zero-order valence-corrected chi connectivity index (χ0v) is 14.8. The summed E-state index contributed by atoms with van der Waals surface area (Å²) < 4.78 is 9.74. The molecule has 2 aromatic rings. The van der Waals surface area contributed by atoms with E-state index in [2.05, 4.69) is 10.1 Å². The second-order valence-corrected chi connectivity index (χ2v) is 5.42. The fraction of sp³-hybridized carbons (Fsp3) is 0.211. The van der Waals surface area contributed by atoms with Crippen LogP contribution in [0.25, 0.3) is 0 Å². The Morgan fingerprint density at radius 1 is 1.04 bits per heavy atom. The topological polar surface area (TPSA) is 84.9 Å². The maximum absolute atomic E-state index is 12.3. The van der Waals surface area contributed by atoms with Gasteiger partial charge in [0.1, 0.15) is 12.3 Å². The highest BCUT2D eigenvalue weighted by Gasteiger charge is 2.17. The van der Waals surface area contributed by atoms with E-state index in [0.29, 0.717) is 22.7 Å². The Balaban J connectivity index is 2.13. The number of anilines is 2. The van der Waals surface area contributed by atoms with Crippen molar-refractivity contribution < 1.29 is 23.9 Å². The van der Waals surface area contributed by atoms with E-state index in [-0.39, 0.29) is 18.4 Å². The number of carbonyl (C=O) groups excluding carboxylic acids is 3. The van der Waals surface area contributed by atoms with Crippen molar-refractivity contribution in [2.24, 2.45) is 0 Å². The van der Waals surface area contributed by atoms with Crippen LogP contribution in [0.15, 0.2) is 48.5 Å². The van der Waals surface area contributed by atoms with Crippen molar-refractivity contribution in [3.63, 3.8) is 0 Å². The van der Waals surface area contributed by atoms with E-state index in [1.54, 1.807) is 49.6 Å². The highest BCUT2D eigenvalue weighted by atomic mass is 16.5. The van der Waals surface area contributed by atoms with Gasteiger partial charge in [0.25, 0.3) is 0 Å². The van der Waals surface area contributed by atoms with Crippen molar-refractivity contribution in [1.29, 1.82) is 0 Å². The number of nitrogens with zero attached hydrogens (tertiary/aromatic N) is 1. The van der Waals surface area contributed by atoms with Crippen LogP contribution in [0.4, 0.5) is 11.4 Å². The molecular formula is C19H20N2O5. The minimum Gasteiger partial charge on any atom is -0.497 e. The maximum Gasteiger partial charge on any atom is 0.337 e. The molecule has 0 unspecified atom stereocenters. The molecule has 2 amide bonds. The van der Waals surface area contributed by atoms with E-state index in [4.69, 9.17) is 4.74 Å². The van der Waals surface area contributed by atoms with Gasteiger partial charge in [-0.15, -0.1) is 0 Å². The van der Waals surface area contributed by atoms with Gasteiger partial charge in [0.2, 0.25) is 11.8 Å². The summed E-state index contributed by atoms with van der Waals surface area (Å²) in [6.45, 7) is 1.16. The molecule has 7 heteroatoms. The number of carbonyl (C=O) groups is 3. The fourth-order valence-electron chi connectivity index (χ4n) is 2.32. The monoisotopic (exact) mass is 356 g/mol. The zero-order valence-electron chi connectivity index (χ0n) is 14.8. The SMILES string of the molecule is COC(=O)c1cccc(N(CC(=O)Nc2ccc(OC)cc2)C(C)=O)c1. The van der Waals surface area contributed by atoms with Crippen LogP contribution in [-0.4, -0.2) is 38.5 Å². The molecule has 1 N–H and O–H groups in total. The summed E-state index contributed by atoms with van der Waals surface area (Å²) in [4.78, 5) is 37.2. The van der Waals surface area contributed by atoms with E-state index in [0.717, 1.165) is 0 Å². The van der Waals surface area contributed by atoms with Crippen LogP contribution in [0.2, 0.25) is 0 Å². The molecular weight excluding hydrogens is 336 g/mol. The summed E-state index contributed by atoms with van der Waals surface area (Å²) in [7, 11) is 2.83. The van der Waals surface area contributed by atoms with Crippen LogP contribution in [0.3, 0.4) is 0 Å². The zero-order chi connectivity index (χ0) is 19.1. The van der Waals surface area contributed by atoms with Gasteiger partial charge in [-0.25, -0.2) is 4.79 Å². The lowest BCUT2D eigenvalue weighted by molar-refractivity contribution is -0.120. The molecule has 0 aromatic heterocycles. The molecule has 0 fully saturated rings. The second kappa shape index (κ2) is 8.66. The minimum atomic E-state index is -0.516. The first-order valence-corrected chi connectivity index (χ1v) is 7.85. The number of rotatable bonds is 6. The molecule has 2 rings (SSSR count). The van der Waals surface area contributed by atoms with Crippen molar-refractivity contribution in [2.75, 3.05) is 31.0 Å². The number of esters is 1. The Morgan fingerprint density at radius 2 is 1.73 bits per heavy atom. The third-order valence-corrected chi connectivity index (χ3v) is 3.63. The highest BCUT2D eigenvalue weighted by Crippen LogP contribution is 2.18. The van der Waals surface area contributed by atoms with Crippen LogP contribution in [-0.2, 0) is 14.3 Å². The Bertz CT molecular complexity index is 802. The lowest BCUT2D eigenvalue weighted by Gasteiger charge is -2.21. The third kappa shape index (κ3) is 4.83. The smallest absolute Gasteiger partial charge is 0.337 e. The van der Waals surface area contributed by atoms with Gasteiger partial charge < -0.3 is 19.7 Å². The van der Waals surface area contributed by atoms with Gasteiger partial charge in [0.05, 0.1) is 19.8 Å². The van der Waals surface area contributed by atoms with Gasteiger partial charge in [0, 0.05) is 18.3 Å². The Hall–Kier alpha value is -3.35. The molecule has 0 atom stereocenters. The largest absolute Gasteiger partial charge is 0.497 e. The van der Waals surface area contributed by atoms with E-state index >= 15 is 0 Å². The molecule has 26 heavy (non-hydrogen) atoms. The highest BCUT2D eigenvalue weighted by molar-refractivity contribution is 6.02. The average molecular weight is 356 g/mol. The molecule has 0 saturated heterocycles.